The summed E-state index contributed by atoms with van der Waals surface area (Å²) in [5.74, 6) is 2.77. The Kier molecular flexibility index (Phi) is 12.0. The van der Waals surface area contributed by atoms with Crippen LogP contribution in [0.5, 0.6) is 0 Å². The van der Waals surface area contributed by atoms with Gasteiger partial charge in [-0.1, -0.05) is 57.7 Å². The molecule has 18 heteroatoms. The first-order valence-electron chi connectivity index (χ1n) is 18.3. The van der Waals surface area contributed by atoms with Gasteiger partial charge >= 0.3 is 0 Å². The number of aromatic nitrogens is 15. The molecule has 0 aliphatic carbocycles. The first kappa shape index (κ1) is 36.7. The lowest BCUT2D eigenvalue weighted by Gasteiger charge is -2.04. The van der Waals surface area contributed by atoms with E-state index in [1.54, 1.807) is 0 Å². The number of halogens is 1. The SMILES string of the molecule is CCCCCNc1nc2nc(n1)[nH]c1cccc(c1)[nH]c1nc(NCCCCC)nc(n1)[nH]c1cccc(c1)[nH]c1nc(Cl)nc(n1)[nH]c1cccc(c1)[nH]2. The van der Waals surface area contributed by atoms with Gasteiger partial charge in [0.05, 0.1) is 0 Å². The van der Waals surface area contributed by atoms with E-state index in [4.69, 9.17) is 21.6 Å². The lowest BCUT2D eigenvalue weighted by Crippen LogP contribution is -2.07. The molecule has 0 spiro atoms. The molecule has 0 radical (unpaired) electrons. The highest BCUT2D eigenvalue weighted by Crippen LogP contribution is 2.11. The lowest BCUT2D eigenvalue weighted by atomic mass is 10.2. The zero-order chi connectivity index (χ0) is 37.8. The summed E-state index contributed by atoms with van der Waals surface area (Å²) in [6.45, 7) is 5.79. The van der Waals surface area contributed by atoms with E-state index in [0.29, 0.717) is 46.0 Å². The van der Waals surface area contributed by atoms with Gasteiger partial charge in [0.2, 0.25) is 51.8 Å². The van der Waals surface area contributed by atoms with E-state index in [1.165, 1.54) is 0 Å². The van der Waals surface area contributed by atoms with Crippen molar-refractivity contribution in [2.45, 2.75) is 52.4 Å². The monoisotopic (exact) mass is 759 g/mol. The van der Waals surface area contributed by atoms with Gasteiger partial charge in [0, 0.05) is 46.2 Å². The molecule has 0 unspecified atom stereocenters. The van der Waals surface area contributed by atoms with Crippen LogP contribution >= 0.6 is 11.6 Å². The van der Waals surface area contributed by atoms with Crippen LogP contribution in [0.4, 0.5) is 11.9 Å². The standard InChI is InChI=1S/C37H42ClN17/c1-3-5-7-18-39-30-49-34-43-25-14-9-12-23(20-25)41-32-47-29(38)48-33(53-32)42-24-13-10-15-26(21-24)44-35-50-31(40-19-8-6-4-2)52-37(55-35)46-28-17-11-16-27(22-28)45-36(51-30)54-34/h9-17,20-22H,3-8,18-19H2,1-2H3,(H2,41,42,47,48,53)(H3,39,43,45,49,51,54)(H3,40,44,46,50,52,55). The van der Waals surface area contributed by atoms with Crippen LogP contribution in [-0.4, -0.2) is 87.8 Å². The predicted molar refractivity (Wildman–Crippen MR) is 218 cm³/mol. The Morgan fingerprint density at radius 2 is 0.709 bits per heavy atom. The summed E-state index contributed by atoms with van der Waals surface area (Å²) >= 11 is 6.36. The molecule has 0 aliphatic heterocycles. The average Bonchev–Trinajstić information content (AvgIpc) is 3.15. The Morgan fingerprint density at radius 3 is 1.00 bits per heavy atom. The highest BCUT2D eigenvalue weighted by molar-refractivity contribution is 6.28. The van der Waals surface area contributed by atoms with Crippen LogP contribution in [0.3, 0.4) is 0 Å². The molecule has 12 bridgehead atoms. The van der Waals surface area contributed by atoms with Crippen LogP contribution in [0.15, 0.2) is 72.8 Å². The van der Waals surface area contributed by atoms with E-state index < -0.39 is 0 Å². The summed E-state index contributed by atoms with van der Waals surface area (Å²) in [6, 6.07) is 22.8. The topological polar surface area (TPSA) is 235 Å². The molecule has 55 heavy (non-hydrogen) atoms. The molecular formula is C37H42ClN17. The largest absolute Gasteiger partial charge is 0.354 e. The van der Waals surface area contributed by atoms with Gasteiger partial charge in [0.15, 0.2) is 0 Å². The number of H-pyrrole nitrogens is 6. The van der Waals surface area contributed by atoms with Gasteiger partial charge in [-0.25, -0.2) is 0 Å². The van der Waals surface area contributed by atoms with Crippen molar-refractivity contribution >= 4 is 91.3 Å². The predicted octanol–water partition coefficient (Wildman–Crippen LogP) is 8.05. The molecule has 0 fully saturated rings. The van der Waals surface area contributed by atoms with Crippen molar-refractivity contribution in [2.24, 2.45) is 0 Å². The van der Waals surface area contributed by atoms with E-state index in [1.807, 2.05) is 72.8 Å². The summed E-state index contributed by atoms with van der Waals surface area (Å²) < 4.78 is 0. The molecular weight excluding hydrogens is 718 g/mol. The van der Waals surface area contributed by atoms with Crippen molar-refractivity contribution in [1.82, 2.24) is 74.8 Å². The van der Waals surface area contributed by atoms with Crippen molar-refractivity contribution in [2.75, 3.05) is 23.7 Å². The fourth-order valence-corrected chi connectivity index (χ4v) is 5.70. The molecule has 3 aromatic carbocycles. The van der Waals surface area contributed by atoms with E-state index >= 15 is 0 Å². The number of fused-ring (bicyclic) bond motifs is 12. The number of unbranched alkanes of at least 4 members (excludes halogenated alkanes) is 4. The molecule has 0 atom stereocenters. The highest BCUT2D eigenvalue weighted by atomic mass is 35.5. The van der Waals surface area contributed by atoms with E-state index in [9.17, 15) is 0 Å². The van der Waals surface area contributed by atoms with Gasteiger partial charge in [0.1, 0.15) is 0 Å². The number of hydrogen-bond donors (Lipinski definition) is 8. The number of anilines is 2. The Morgan fingerprint density at radius 1 is 0.418 bits per heavy atom. The van der Waals surface area contributed by atoms with Crippen LogP contribution in [0.25, 0.3) is 67.8 Å². The maximum absolute atomic E-state index is 6.36. The van der Waals surface area contributed by atoms with Crippen molar-refractivity contribution < 1.29 is 0 Å². The average molecular weight is 760 g/mol. The summed E-state index contributed by atoms with van der Waals surface area (Å²) in [5, 5.41) is 6.70. The lowest BCUT2D eigenvalue weighted by molar-refractivity contribution is 0.740. The van der Waals surface area contributed by atoms with Gasteiger partial charge in [0.25, 0.3) is 0 Å². The molecule has 0 amide bonds. The fraction of sp³-hybridized carbons (Fsp3) is 0.270. The molecule has 4 heterocycles. The van der Waals surface area contributed by atoms with Crippen LogP contribution in [-0.2, 0) is 0 Å². The minimum atomic E-state index is 0.0169. The Labute approximate surface area is 319 Å². The van der Waals surface area contributed by atoms with E-state index in [-0.39, 0.29) is 16.8 Å². The van der Waals surface area contributed by atoms with Gasteiger partial charge < -0.3 is 40.5 Å². The molecule has 0 saturated heterocycles. The van der Waals surface area contributed by atoms with Crippen LogP contribution in [0.1, 0.15) is 52.4 Å². The zero-order valence-corrected chi connectivity index (χ0v) is 31.2. The Balaban J connectivity index is 1.48. The quantitative estimate of drug-likeness (QED) is 0.0621. The minimum absolute atomic E-state index is 0.0169. The molecule has 0 saturated carbocycles. The second kappa shape index (κ2) is 17.9. The summed E-state index contributed by atoms with van der Waals surface area (Å²) in [6.07, 6.45) is 6.38. The van der Waals surface area contributed by atoms with Crippen LogP contribution < -0.4 is 10.6 Å². The highest BCUT2D eigenvalue weighted by Gasteiger charge is 2.03. The molecule has 7 aromatic rings. The summed E-state index contributed by atoms with van der Waals surface area (Å²) in [4.78, 5) is 61.0. The molecule has 282 valence electrons. The van der Waals surface area contributed by atoms with Gasteiger partial charge in [-0.3, -0.25) is 0 Å². The maximum Gasteiger partial charge on any atom is 0.233 e. The number of nitrogens with one attached hydrogen (secondary N) is 8. The Bertz CT molecular complexity index is 2520. The third-order valence-electron chi connectivity index (χ3n) is 8.13. The van der Waals surface area contributed by atoms with Gasteiger partial charge in [-0.05, 0) is 79.0 Å². The second-order valence-electron chi connectivity index (χ2n) is 12.6. The maximum atomic E-state index is 6.36. The van der Waals surface area contributed by atoms with Gasteiger partial charge in [-0.15, -0.1) is 0 Å². The Hall–Kier alpha value is -6.62. The molecule has 4 aromatic heterocycles. The molecule has 8 N–H and O–H groups in total. The smallest absolute Gasteiger partial charge is 0.233 e. The second-order valence-corrected chi connectivity index (χ2v) is 13.0. The van der Waals surface area contributed by atoms with Crippen LogP contribution in [0, 0.1) is 0 Å². The minimum Gasteiger partial charge on any atom is -0.354 e. The number of benzene rings is 3. The number of aromatic amines is 6. The number of rotatable bonds is 10. The first-order chi connectivity index (χ1) is 27.0. The number of nitrogens with zero attached hydrogens (tertiary/aromatic N) is 9. The number of hydrogen-bond acceptors (Lipinski definition) is 11. The summed E-state index contributed by atoms with van der Waals surface area (Å²) in [5.41, 5.74) is 4.32. The summed E-state index contributed by atoms with van der Waals surface area (Å²) in [7, 11) is 0. The third kappa shape index (κ3) is 10.7. The molecule has 0 aliphatic rings. The van der Waals surface area contributed by atoms with Crippen LogP contribution in [0.2, 0.25) is 5.28 Å². The first-order valence-corrected chi connectivity index (χ1v) is 18.7. The van der Waals surface area contributed by atoms with Crippen molar-refractivity contribution in [3.8, 4) is 0 Å². The fourth-order valence-electron chi connectivity index (χ4n) is 5.54. The third-order valence-corrected chi connectivity index (χ3v) is 8.30. The van der Waals surface area contributed by atoms with Gasteiger partial charge in [-0.2, -0.15) is 44.9 Å². The zero-order valence-electron chi connectivity index (χ0n) is 30.5. The molecule has 7 rings (SSSR count). The normalized spacial score (nSPS) is 11.0. The van der Waals surface area contributed by atoms with E-state index in [0.717, 1.165) is 73.7 Å². The van der Waals surface area contributed by atoms with Crippen molar-refractivity contribution in [3.63, 3.8) is 0 Å². The van der Waals surface area contributed by atoms with Crippen molar-refractivity contribution in [3.05, 3.63) is 78.1 Å². The molecule has 17 nitrogen and oxygen atoms in total. The van der Waals surface area contributed by atoms with E-state index in [2.05, 4.69) is 89.3 Å². The van der Waals surface area contributed by atoms with Crippen molar-refractivity contribution in [1.29, 1.82) is 0 Å².